The molecule has 17 heavy (non-hydrogen) atoms. The van der Waals surface area contributed by atoms with Crippen LogP contribution in [-0.2, 0) is 0 Å². The number of hydrogen-bond acceptors (Lipinski definition) is 6. The van der Waals surface area contributed by atoms with Crippen LogP contribution in [0, 0.1) is 0 Å². The summed E-state index contributed by atoms with van der Waals surface area (Å²) in [4.78, 5) is 5.68. The molecule has 2 aromatic rings. The highest BCUT2D eigenvalue weighted by Crippen LogP contribution is 2.45. The third-order valence-corrected chi connectivity index (χ3v) is 4.58. The van der Waals surface area contributed by atoms with Gasteiger partial charge in [-0.25, -0.2) is 4.98 Å². The minimum Gasteiger partial charge on any atom is -0.360 e. The molecule has 4 nitrogen and oxygen atoms in total. The van der Waals surface area contributed by atoms with Gasteiger partial charge in [-0.3, -0.25) is 0 Å². The van der Waals surface area contributed by atoms with Gasteiger partial charge >= 0.3 is 0 Å². The van der Waals surface area contributed by atoms with Gasteiger partial charge in [0.05, 0.1) is 16.1 Å². The van der Waals surface area contributed by atoms with Crippen LogP contribution in [-0.4, -0.2) is 21.7 Å². The maximum absolute atomic E-state index is 4.46. The Labute approximate surface area is 108 Å². The predicted octanol–water partition coefficient (Wildman–Crippen LogP) is 3.36. The van der Waals surface area contributed by atoms with Crippen LogP contribution in [0.1, 0.15) is 37.8 Å². The summed E-state index contributed by atoms with van der Waals surface area (Å²) in [6, 6.07) is 0. The van der Waals surface area contributed by atoms with Gasteiger partial charge in [-0.1, -0.05) is 18.3 Å². The maximum Gasteiger partial charge on any atom is 0.206 e. The van der Waals surface area contributed by atoms with Crippen molar-refractivity contribution in [2.45, 2.75) is 32.1 Å². The number of nitrogens with one attached hydrogen (secondary N) is 1. The SMILES string of the molecule is CCCNc1nnc(-c2scnc2C2CC2)s1. The fraction of sp³-hybridized carbons (Fsp3) is 0.545. The van der Waals surface area contributed by atoms with E-state index in [4.69, 9.17) is 0 Å². The third-order valence-electron chi connectivity index (χ3n) is 2.70. The lowest BCUT2D eigenvalue weighted by atomic mass is 10.2. The molecule has 1 fully saturated rings. The third kappa shape index (κ3) is 2.32. The summed E-state index contributed by atoms with van der Waals surface area (Å²) >= 11 is 3.30. The molecule has 0 aromatic carbocycles. The van der Waals surface area contributed by atoms with Crippen LogP contribution in [0.25, 0.3) is 9.88 Å². The fourth-order valence-electron chi connectivity index (χ4n) is 1.68. The van der Waals surface area contributed by atoms with Gasteiger partial charge in [-0.05, 0) is 19.3 Å². The maximum atomic E-state index is 4.46. The first-order valence-electron chi connectivity index (χ1n) is 5.89. The first-order valence-corrected chi connectivity index (χ1v) is 7.59. The Bertz CT molecular complexity index is 501. The lowest BCUT2D eigenvalue weighted by Gasteiger charge is -1.96. The predicted molar refractivity (Wildman–Crippen MR) is 71.8 cm³/mol. The number of rotatable bonds is 5. The molecule has 3 rings (SSSR count). The Morgan fingerprint density at radius 3 is 3.06 bits per heavy atom. The van der Waals surface area contributed by atoms with Crippen molar-refractivity contribution in [3.05, 3.63) is 11.2 Å². The van der Waals surface area contributed by atoms with Crippen LogP contribution < -0.4 is 5.32 Å². The van der Waals surface area contributed by atoms with E-state index in [2.05, 4.69) is 27.4 Å². The van der Waals surface area contributed by atoms with Gasteiger partial charge < -0.3 is 5.32 Å². The van der Waals surface area contributed by atoms with Crippen LogP contribution in [0.15, 0.2) is 5.51 Å². The second kappa shape index (κ2) is 4.70. The molecule has 0 unspecified atom stereocenters. The monoisotopic (exact) mass is 266 g/mol. The second-order valence-corrected chi connectivity index (χ2v) is 6.01. The Hall–Kier alpha value is -1.01. The summed E-state index contributed by atoms with van der Waals surface area (Å²) in [5, 5.41) is 13.6. The smallest absolute Gasteiger partial charge is 0.206 e. The molecule has 0 saturated heterocycles. The molecule has 6 heteroatoms. The van der Waals surface area contributed by atoms with Crippen molar-refractivity contribution >= 4 is 27.8 Å². The number of hydrogen-bond donors (Lipinski definition) is 1. The second-order valence-electron chi connectivity index (χ2n) is 4.18. The van der Waals surface area contributed by atoms with Crippen LogP contribution in [0.4, 0.5) is 5.13 Å². The molecule has 2 heterocycles. The van der Waals surface area contributed by atoms with Crippen LogP contribution in [0.5, 0.6) is 0 Å². The number of thiazole rings is 1. The van der Waals surface area contributed by atoms with E-state index in [9.17, 15) is 0 Å². The lowest BCUT2D eigenvalue weighted by molar-refractivity contribution is 0.963. The first-order chi connectivity index (χ1) is 8.38. The lowest BCUT2D eigenvalue weighted by Crippen LogP contribution is -1.98. The van der Waals surface area contributed by atoms with Gasteiger partial charge in [0, 0.05) is 12.5 Å². The molecule has 0 bridgehead atoms. The molecule has 0 aliphatic heterocycles. The van der Waals surface area contributed by atoms with Gasteiger partial charge in [0.2, 0.25) is 5.13 Å². The Balaban J connectivity index is 1.82. The van der Waals surface area contributed by atoms with Crippen molar-refractivity contribution in [1.29, 1.82) is 0 Å². The molecule has 90 valence electrons. The molecule has 1 aliphatic rings. The van der Waals surface area contributed by atoms with Crippen LogP contribution >= 0.6 is 22.7 Å². The van der Waals surface area contributed by atoms with Crippen LogP contribution in [0.3, 0.4) is 0 Å². The molecule has 0 atom stereocenters. The van der Waals surface area contributed by atoms with Gasteiger partial charge in [-0.2, -0.15) is 0 Å². The van der Waals surface area contributed by atoms with E-state index in [1.165, 1.54) is 23.4 Å². The van der Waals surface area contributed by atoms with Crippen molar-refractivity contribution in [3.63, 3.8) is 0 Å². The van der Waals surface area contributed by atoms with E-state index in [1.807, 2.05) is 5.51 Å². The summed E-state index contributed by atoms with van der Waals surface area (Å²) in [6.07, 6.45) is 3.65. The van der Waals surface area contributed by atoms with E-state index in [0.717, 1.165) is 23.1 Å². The first kappa shape index (κ1) is 11.1. The summed E-state index contributed by atoms with van der Waals surface area (Å²) in [7, 11) is 0. The van der Waals surface area contributed by atoms with Crippen LogP contribution in [0.2, 0.25) is 0 Å². The average molecular weight is 266 g/mol. The highest BCUT2D eigenvalue weighted by molar-refractivity contribution is 7.22. The summed E-state index contributed by atoms with van der Waals surface area (Å²) in [5.41, 5.74) is 3.15. The Kier molecular flexibility index (Phi) is 3.07. The van der Waals surface area contributed by atoms with E-state index >= 15 is 0 Å². The van der Waals surface area contributed by atoms with Gasteiger partial charge in [0.15, 0.2) is 5.01 Å². The summed E-state index contributed by atoms with van der Waals surface area (Å²) < 4.78 is 0. The molecule has 2 aromatic heterocycles. The van der Waals surface area contributed by atoms with E-state index in [-0.39, 0.29) is 0 Å². The standard InChI is InChI=1S/C11H14N4S2/c1-2-5-12-11-15-14-10(17-11)9-8(7-3-4-7)13-6-16-9/h6-7H,2-5H2,1H3,(H,12,15). The zero-order chi connectivity index (χ0) is 11.7. The highest BCUT2D eigenvalue weighted by atomic mass is 32.1. The molecule has 0 amide bonds. The minimum absolute atomic E-state index is 0.673. The van der Waals surface area contributed by atoms with E-state index < -0.39 is 0 Å². The quantitative estimate of drug-likeness (QED) is 0.901. The summed E-state index contributed by atoms with van der Waals surface area (Å²) in [5.74, 6) is 0.673. The van der Waals surface area contributed by atoms with E-state index in [1.54, 1.807) is 22.7 Å². The van der Waals surface area contributed by atoms with Gasteiger partial charge in [0.1, 0.15) is 0 Å². The largest absolute Gasteiger partial charge is 0.360 e. The number of aromatic nitrogens is 3. The van der Waals surface area contributed by atoms with Crippen molar-refractivity contribution < 1.29 is 0 Å². The van der Waals surface area contributed by atoms with Crippen molar-refractivity contribution in [1.82, 2.24) is 15.2 Å². The van der Waals surface area contributed by atoms with Crippen molar-refractivity contribution in [2.75, 3.05) is 11.9 Å². The Morgan fingerprint density at radius 2 is 2.29 bits per heavy atom. The zero-order valence-corrected chi connectivity index (χ0v) is 11.3. The molecule has 0 radical (unpaired) electrons. The molecular weight excluding hydrogens is 252 g/mol. The molecule has 0 spiro atoms. The molecular formula is C11H14N4S2. The van der Waals surface area contributed by atoms with E-state index in [0.29, 0.717) is 5.92 Å². The number of anilines is 1. The topological polar surface area (TPSA) is 50.7 Å². The van der Waals surface area contributed by atoms with Gasteiger partial charge in [0.25, 0.3) is 0 Å². The number of nitrogens with zero attached hydrogens (tertiary/aromatic N) is 3. The normalized spacial score (nSPS) is 15.1. The van der Waals surface area contributed by atoms with Gasteiger partial charge in [-0.15, -0.1) is 21.5 Å². The minimum atomic E-state index is 0.673. The molecule has 1 aliphatic carbocycles. The summed E-state index contributed by atoms with van der Waals surface area (Å²) in [6.45, 7) is 3.09. The molecule has 1 saturated carbocycles. The average Bonchev–Trinajstić information content (AvgIpc) is 2.91. The van der Waals surface area contributed by atoms with Crippen molar-refractivity contribution in [3.8, 4) is 9.88 Å². The fourth-order valence-corrected chi connectivity index (χ4v) is 3.42. The molecule has 1 N–H and O–H groups in total. The Morgan fingerprint density at radius 1 is 1.41 bits per heavy atom. The zero-order valence-electron chi connectivity index (χ0n) is 9.64. The highest BCUT2D eigenvalue weighted by Gasteiger charge is 2.29. The van der Waals surface area contributed by atoms with Crippen molar-refractivity contribution in [2.24, 2.45) is 0 Å².